The summed E-state index contributed by atoms with van der Waals surface area (Å²) in [4.78, 5) is 10.5. The van der Waals surface area contributed by atoms with E-state index in [-0.39, 0.29) is 16.6 Å². The van der Waals surface area contributed by atoms with E-state index >= 15 is 0 Å². The van der Waals surface area contributed by atoms with Gasteiger partial charge < -0.3 is 5.32 Å². The lowest BCUT2D eigenvalue weighted by Gasteiger charge is -2.15. The molecule has 8 heteroatoms. The Morgan fingerprint density at radius 2 is 1.90 bits per heavy atom. The summed E-state index contributed by atoms with van der Waals surface area (Å²) in [5, 5.41) is 13.8. The lowest BCUT2D eigenvalue weighted by molar-refractivity contribution is -0.384. The fraction of sp³-hybridized carbons (Fsp3) is 0.538. The zero-order valence-corrected chi connectivity index (χ0v) is 12.9. The van der Waals surface area contributed by atoms with Crippen LogP contribution in [0.15, 0.2) is 17.0 Å². The average Bonchev–Trinajstić information content (AvgIpc) is 2.89. The molecule has 1 aromatic carbocycles. The fourth-order valence-corrected chi connectivity index (χ4v) is 4.20. The molecule has 1 fully saturated rings. The van der Waals surface area contributed by atoms with Gasteiger partial charge in [0.1, 0.15) is 5.69 Å². The van der Waals surface area contributed by atoms with Crippen molar-refractivity contribution in [1.82, 2.24) is 4.72 Å². The average molecular weight is 313 g/mol. The molecular weight excluding hydrogens is 294 g/mol. The fourth-order valence-electron chi connectivity index (χ4n) is 2.64. The summed E-state index contributed by atoms with van der Waals surface area (Å²) < 4.78 is 27.5. The molecule has 1 saturated carbocycles. The Bertz CT molecular complexity index is 652. The molecule has 0 aliphatic heterocycles. The maximum Gasteiger partial charge on any atom is 0.293 e. The maximum absolute atomic E-state index is 12.4. The molecule has 0 unspecified atom stereocenters. The molecule has 116 valence electrons. The molecule has 0 atom stereocenters. The summed E-state index contributed by atoms with van der Waals surface area (Å²) in [7, 11) is -2.18. The Balaban J connectivity index is 2.42. The lowest BCUT2D eigenvalue weighted by atomic mass is 10.2. The van der Waals surface area contributed by atoms with Gasteiger partial charge in [-0.2, -0.15) is 0 Å². The smallest absolute Gasteiger partial charge is 0.293 e. The Morgan fingerprint density at radius 1 is 1.29 bits per heavy atom. The quantitative estimate of drug-likeness (QED) is 0.641. The van der Waals surface area contributed by atoms with Gasteiger partial charge >= 0.3 is 0 Å². The van der Waals surface area contributed by atoms with Gasteiger partial charge in [-0.05, 0) is 31.4 Å². The Hall–Kier alpha value is -1.67. The third-order valence-electron chi connectivity index (χ3n) is 3.73. The van der Waals surface area contributed by atoms with Crippen molar-refractivity contribution < 1.29 is 13.3 Å². The molecule has 0 radical (unpaired) electrons. The van der Waals surface area contributed by atoms with Crippen LogP contribution in [0.1, 0.15) is 31.2 Å². The first-order valence-corrected chi connectivity index (χ1v) is 8.32. The predicted octanol–water partition coefficient (Wildman–Crippen LogP) is 2.17. The number of hydrogen-bond donors (Lipinski definition) is 2. The summed E-state index contributed by atoms with van der Waals surface area (Å²) in [5.74, 6) is 0. The van der Waals surface area contributed by atoms with E-state index in [1.165, 1.54) is 6.07 Å². The van der Waals surface area contributed by atoms with Crippen LogP contribution in [0.5, 0.6) is 0 Å². The third-order valence-corrected chi connectivity index (χ3v) is 5.39. The molecule has 0 bridgehead atoms. The number of nitro benzene ring substituents is 1. The standard InChI is InChI=1S/C13H19N3O4S/c1-9-7-11(14-2)12(16(17)18)8-13(9)21(19,20)15-10-5-3-4-6-10/h7-8,10,14-15H,3-6H2,1-2H3. The molecule has 2 rings (SSSR count). The van der Waals surface area contributed by atoms with Crippen molar-refractivity contribution in [2.45, 2.75) is 43.5 Å². The largest absolute Gasteiger partial charge is 0.383 e. The number of nitrogens with zero attached hydrogens (tertiary/aromatic N) is 1. The first kappa shape index (κ1) is 15.7. The van der Waals surface area contributed by atoms with E-state index in [1.807, 2.05) is 0 Å². The van der Waals surface area contributed by atoms with Gasteiger partial charge in [0.2, 0.25) is 10.0 Å². The molecule has 0 saturated heterocycles. The van der Waals surface area contributed by atoms with Crippen LogP contribution >= 0.6 is 0 Å². The Kier molecular flexibility index (Phi) is 4.48. The van der Waals surface area contributed by atoms with Crippen molar-refractivity contribution in [3.05, 3.63) is 27.8 Å². The van der Waals surface area contributed by atoms with Gasteiger partial charge in [0.15, 0.2) is 0 Å². The minimum Gasteiger partial charge on any atom is -0.383 e. The van der Waals surface area contributed by atoms with Crippen LogP contribution in [-0.2, 0) is 10.0 Å². The normalized spacial score (nSPS) is 16.1. The van der Waals surface area contributed by atoms with Crippen LogP contribution in [0.2, 0.25) is 0 Å². The monoisotopic (exact) mass is 313 g/mol. The summed E-state index contributed by atoms with van der Waals surface area (Å²) in [6.45, 7) is 1.63. The number of hydrogen-bond acceptors (Lipinski definition) is 5. The number of aryl methyl sites for hydroxylation is 1. The Morgan fingerprint density at radius 3 is 2.43 bits per heavy atom. The van der Waals surface area contributed by atoms with Crippen molar-refractivity contribution in [2.24, 2.45) is 0 Å². The summed E-state index contributed by atoms with van der Waals surface area (Å²) in [6, 6.07) is 2.54. The topological polar surface area (TPSA) is 101 Å². The van der Waals surface area contributed by atoms with Gasteiger partial charge in [0, 0.05) is 19.2 Å². The van der Waals surface area contributed by atoms with Crippen LogP contribution in [0.3, 0.4) is 0 Å². The number of benzene rings is 1. The molecule has 0 spiro atoms. The molecule has 1 aromatic rings. The van der Waals surface area contributed by atoms with Crippen LogP contribution < -0.4 is 10.0 Å². The number of nitrogens with one attached hydrogen (secondary N) is 2. The highest BCUT2D eigenvalue weighted by Crippen LogP contribution is 2.31. The number of nitro groups is 1. The molecule has 1 aliphatic rings. The number of sulfonamides is 1. The van der Waals surface area contributed by atoms with Gasteiger partial charge in [-0.1, -0.05) is 12.8 Å². The van der Waals surface area contributed by atoms with Crippen LogP contribution in [0, 0.1) is 17.0 Å². The van der Waals surface area contributed by atoms with Crippen molar-refractivity contribution in [3.8, 4) is 0 Å². The zero-order chi connectivity index (χ0) is 15.6. The van der Waals surface area contributed by atoms with Crippen molar-refractivity contribution >= 4 is 21.4 Å². The van der Waals surface area contributed by atoms with Crippen molar-refractivity contribution in [2.75, 3.05) is 12.4 Å². The van der Waals surface area contributed by atoms with E-state index in [9.17, 15) is 18.5 Å². The molecular formula is C13H19N3O4S. The first-order chi connectivity index (χ1) is 9.85. The summed E-state index contributed by atoms with van der Waals surface area (Å²) in [5.41, 5.74) is 0.544. The van der Waals surface area contributed by atoms with E-state index in [0.717, 1.165) is 31.7 Å². The van der Waals surface area contributed by atoms with Crippen molar-refractivity contribution in [3.63, 3.8) is 0 Å². The molecule has 0 aromatic heterocycles. The van der Waals surface area contributed by atoms with Gasteiger partial charge in [-0.15, -0.1) is 0 Å². The maximum atomic E-state index is 12.4. The minimum absolute atomic E-state index is 0.0277. The second-order valence-corrected chi connectivity index (χ2v) is 6.93. The highest BCUT2D eigenvalue weighted by atomic mass is 32.2. The number of anilines is 1. The van der Waals surface area contributed by atoms with E-state index in [0.29, 0.717) is 11.3 Å². The molecule has 1 aliphatic carbocycles. The Labute approximate surface area is 123 Å². The van der Waals surface area contributed by atoms with E-state index in [2.05, 4.69) is 10.0 Å². The van der Waals surface area contributed by atoms with Gasteiger partial charge in [0.25, 0.3) is 5.69 Å². The second-order valence-electron chi connectivity index (χ2n) is 5.24. The zero-order valence-electron chi connectivity index (χ0n) is 12.0. The molecule has 0 amide bonds. The van der Waals surface area contributed by atoms with E-state index < -0.39 is 14.9 Å². The van der Waals surface area contributed by atoms with Crippen LogP contribution in [-0.4, -0.2) is 26.4 Å². The second kappa shape index (κ2) is 5.98. The van der Waals surface area contributed by atoms with Crippen molar-refractivity contribution in [1.29, 1.82) is 0 Å². The van der Waals surface area contributed by atoms with Crippen LogP contribution in [0.4, 0.5) is 11.4 Å². The predicted molar refractivity (Wildman–Crippen MR) is 80.0 cm³/mol. The van der Waals surface area contributed by atoms with Crippen LogP contribution in [0.25, 0.3) is 0 Å². The molecule has 21 heavy (non-hydrogen) atoms. The SMILES string of the molecule is CNc1cc(C)c(S(=O)(=O)NC2CCCC2)cc1[N+](=O)[O-]. The molecule has 7 nitrogen and oxygen atoms in total. The third kappa shape index (κ3) is 3.33. The van der Waals surface area contributed by atoms with E-state index in [1.54, 1.807) is 14.0 Å². The highest BCUT2D eigenvalue weighted by Gasteiger charge is 2.27. The minimum atomic E-state index is -3.74. The first-order valence-electron chi connectivity index (χ1n) is 6.84. The lowest BCUT2D eigenvalue weighted by Crippen LogP contribution is -2.33. The summed E-state index contributed by atoms with van der Waals surface area (Å²) >= 11 is 0. The summed E-state index contributed by atoms with van der Waals surface area (Å²) in [6.07, 6.45) is 3.64. The molecule has 2 N–H and O–H groups in total. The van der Waals surface area contributed by atoms with Gasteiger partial charge in [0.05, 0.1) is 9.82 Å². The molecule has 0 heterocycles. The highest BCUT2D eigenvalue weighted by molar-refractivity contribution is 7.89. The van der Waals surface area contributed by atoms with Gasteiger partial charge in [-0.25, -0.2) is 13.1 Å². The number of rotatable bonds is 5. The van der Waals surface area contributed by atoms with Gasteiger partial charge in [-0.3, -0.25) is 10.1 Å². The van der Waals surface area contributed by atoms with E-state index in [4.69, 9.17) is 0 Å².